The molecule has 2 aromatic heterocycles. The van der Waals surface area contributed by atoms with Crippen molar-refractivity contribution in [2.45, 2.75) is 0 Å². The van der Waals surface area contributed by atoms with Crippen LogP contribution in [0, 0.1) is 0 Å². The van der Waals surface area contributed by atoms with E-state index in [0.717, 1.165) is 5.39 Å². The van der Waals surface area contributed by atoms with Crippen LogP contribution in [0.5, 0.6) is 5.88 Å². The molecule has 0 saturated heterocycles. The molecule has 0 aromatic carbocycles. The molecule has 0 amide bonds. The molecule has 2 N–H and O–H groups in total. The zero-order valence-corrected chi connectivity index (χ0v) is 5.07. The van der Waals surface area contributed by atoms with E-state index in [-0.39, 0.29) is 5.88 Å². The summed E-state index contributed by atoms with van der Waals surface area (Å²) in [4.78, 5) is 2.65. The molecule has 10 heavy (non-hydrogen) atoms. The van der Waals surface area contributed by atoms with Crippen LogP contribution in [0.25, 0.3) is 10.8 Å². The number of fused-ring (bicyclic) bond motifs is 1. The lowest BCUT2D eigenvalue weighted by molar-refractivity contribution is 0.462. The first-order valence-corrected chi connectivity index (χ1v) is 2.84. The predicted molar refractivity (Wildman–Crippen MR) is 35.6 cm³/mol. The van der Waals surface area contributed by atoms with Crippen LogP contribution in [-0.2, 0) is 0 Å². The van der Waals surface area contributed by atoms with E-state index in [4.69, 9.17) is 5.11 Å². The average molecular weight is 135 g/mol. The topological polar surface area (TPSA) is 61.8 Å². The van der Waals surface area contributed by atoms with Crippen molar-refractivity contribution in [1.29, 1.82) is 0 Å². The molecule has 0 spiro atoms. The first-order valence-electron chi connectivity index (χ1n) is 2.84. The third-order valence-electron chi connectivity index (χ3n) is 1.38. The number of H-pyrrole nitrogens is 1. The van der Waals surface area contributed by atoms with Crippen LogP contribution in [0.3, 0.4) is 0 Å². The largest absolute Gasteiger partial charge is 0.494 e. The second-order valence-electron chi connectivity index (χ2n) is 2.00. The molecule has 0 atom stereocenters. The number of hydrogen-bond donors (Lipinski definition) is 2. The van der Waals surface area contributed by atoms with Crippen molar-refractivity contribution in [3.8, 4) is 5.88 Å². The van der Waals surface area contributed by atoms with Crippen molar-refractivity contribution in [2.24, 2.45) is 0 Å². The van der Waals surface area contributed by atoms with Gasteiger partial charge in [0.2, 0.25) is 0 Å². The molecular formula is C6H5N3O. The molecular weight excluding hydrogens is 130 g/mol. The van der Waals surface area contributed by atoms with E-state index in [0.29, 0.717) is 5.39 Å². The molecule has 0 saturated carbocycles. The maximum absolute atomic E-state index is 9.09. The van der Waals surface area contributed by atoms with Gasteiger partial charge >= 0.3 is 0 Å². The summed E-state index contributed by atoms with van der Waals surface area (Å²) in [5.41, 5.74) is 0. The van der Waals surface area contributed by atoms with Gasteiger partial charge in [-0.15, -0.1) is 0 Å². The Morgan fingerprint density at radius 3 is 2.90 bits per heavy atom. The second-order valence-corrected chi connectivity index (χ2v) is 2.00. The molecule has 0 aliphatic rings. The molecule has 0 unspecified atom stereocenters. The summed E-state index contributed by atoms with van der Waals surface area (Å²) in [7, 11) is 0. The van der Waals surface area contributed by atoms with E-state index in [1.807, 2.05) is 0 Å². The van der Waals surface area contributed by atoms with E-state index in [1.165, 1.54) is 6.20 Å². The molecule has 2 aromatic rings. The Bertz CT molecular complexity index is 355. The number of nitrogens with zero attached hydrogens (tertiary/aromatic N) is 2. The molecule has 4 heteroatoms. The van der Waals surface area contributed by atoms with Crippen molar-refractivity contribution in [2.75, 3.05) is 0 Å². The normalized spacial score (nSPS) is 10.4. The lowest BCUT2D eigenvalue weighted by atomic mass is 10.3. The third-order valence-corrected chi connectivity index (χ3v) is 1.38. The van der Waals surface area contributed by atoms with Crippen LogP contribution in [0.4, 0.5) is 0 Å². The minimum absolute atomic E-state index is 0.143. The Morgan fingerprint density at radius 2 is 2.10 bits per heavy atom. The Kier molecular flexibility index (Phi) is 0.887. The van der Waals surface area contributed by atoms with Crippen LogP contribution in [0.1, 0.15) is 0 Å². The summed E-state index contributed by atoms with van der Waals surface area (Å²) in [6, 6.07) is 0. The maximum Gasteiger partial charge on any atom is 0.198 e. The SMILES string of the molecule is Oc1[nH]cc2cnncc12. The summed E-state index contributed by atoms with van der Waals surface area (Å²) in [5, 5.41) is 17.9. The molecule has 0 aliphatic carbocycles. The second kappa shape index (κ2) is 1.70. The Balaban J connectivity index is 2.93. The minimum Gasteiger partial charge on any atom is -0.494 e. The summed E-state index contributed by atoms with van der Waals surface area (Å²) < 4.78 is 0. The van der Waals surface area contributed by atoms with Crippen molar-refractivity contribution < 1.29 is 5.11 Å². The van der Waals surface area contributed by atoms with Gasteiger partial charge in [0.05, 0.1) is 17.8 Å². The first kappa shape index (κ1) is 5.22. The van der Waals surface area contributed by atoms with Gasteiger partial charge in [-0.25, -0.2) is 0 Å². The average Bonchev–Trinajstić information content (AvgIpc) is 2.34. The zero-order valence-electron chi connectivity index (χ0n) is 5.07. The smallest absolute Gasteiger partial charge is 0.198 e. The molecule has 0 bridgehead atoms. The first-order chi connectivity index (χ1) is 4.88. The van der Waals surface area contributed by atoms with Gasteiger partial charge in [-0.05, 0) is 0 Å². The number of nitrogens with one attached hydrogen (secondary N) is 1. The fraction of sp³-hybridized carbons (Fsp3) is 0. The Labute approximate surface area is 56.5 Å². The van der Waals surface area contributed by atoms with Gasteiger partial charge in [-0.3, -0.25) is 0 Å². The highest BCUT2D eigenvalue weighted by Crippen LogP contribution is 2.20. The van der Waals surface area contributed by atoms with Crippen LogP contribution < -0.4 is 0 Å². The number of hydrogen-bond acceptors (Lipinski definition) is 3. The fourth-order valence-electron chi connectivity index (χ4n) is 0.867. The summed E-state index contributed by atoms with van der Waals surface area (Å²) in [6.07, 6.45) is 4.78. The summed E-state index contributed by atoms with van der Waals surface area (Å²) >= 11 is 0. The van der Waals surface area contributed by atoms with Gasteiger partial charge < -0.3 is 10.1 Å². The lowest BCUT2D eigenvalue weighted by Crippen LogP contribution is -1.74. The quantitative estimate of drug-likeness (QED) is 0.557. The minimum atomic E-state index is 0.143. The maximum atomic E-state index is 9.09. The van der Waals surface area contributed by atoms with Gasteiger partial charge in [-0.1, -0.05) is 0 Å². The fourth-order valence-corrected chi connectivity index (χ4v) is 0.867. The van der Waals surface area contributed by atoms with E-state index in [2.05, 4.69) is 15.2 Å². The zero-order chi connectivity index (χ0) is 6.97. The van der Waals surface area contributed by atoms with Gasteiger partial charge in [-0.2, -0.15) is 10.2 Å². The van der Waals surface area contributed by atoms with Crippen LogP contribution in [0.15, 0.2) is 18.6 Å². The number of aromatic hydroxyl groups is 1. The molecule has 2 heterocycles. The third kappa shape index (κ3) is 0.556. The van der Waals surface area contributed by atoms with Crippen LogP contribution in [0.2, 0.25) is 0 Å². The van der Waals surface area contributed by atoms with Gasteiger partial charge in [0.25, 0.3) is 0 Å². The van der Waals surface area contributed by atoms with E-state index < -0.39 is 0 Å². The molecule has 0 radical (unpaired) electrons. The molecule has 0 aliphatic heterocycles. The van der Waals surface area contributed by atoms with E-state index in [9.17, 15) is 0 Å². The van der Waals surface area contributed by atoms with Crippen molar-refractivity contribution in [1.82, 2.24) is 15.2 Å². The standard InChI is InChI=1S/C6H5N3O/c10-6-5-3-9-8-2-4(5)1-7-6/h1-3,7,10H. The van der Waals surface area contributed by atoms with E-state index >= 15 is 0 Å². The number of aromatic amines is 1. The molecule has 2 rings (SSSR count). The summed E-state index contributed by atoms with van der Waals surface area (Å²) in [6.45, 7) is 0. The van der Waals surface area contributed by atoms with Gasteiger partial charge in [0, 0.05) is 11.6 Å². The highest BCUT2D eigenvalue weighted by atomic mass is 16.3. The Hall–Kier alpha value is -1.58. The number of rotatable bonds is 0. The van der Waals surface area contributed by atoms with Gasteiger partial charge in [0.1, 0.15) is 0 Å². The van der Waals surface area contributed by atoms with Crippen molar-refractivity contribution in [3.63, 3.8) is 0 Å². The number of aromatic nitrogens is 3. The Morgan fingerprint density at radius 1 is 1.30 bits per heavy atom. The lowest BCUT2D eigenvalue weighted by Gasteiger charge is -1.84. The monoisotopic (exact) mass is 135 g/mol. The van der Waals surface area contributed by atoms with Gasteiger partial charge in [0.15, 0.2) is 5.88 Å². The van der Waals surface area contributed by atoms with Crippen molar-refractivity contribution >= 4 is 10.8 Å². The summed E-state index contributed by atoms with van der Waals surface area (Å²) in [5.74, 6) is 0.143. The van der Waals surface area contributed by atoms with Crippen molar-refractivity contribution in [3.05, 3.63) is 18.6 Å². The molecule has 0 fully saturated rings. The highest BCUT2D eigenvalue weighted by molar-refractivity contribution is 5.85. The predicted octanol–water partition coefficient (Wildman–Crippen LogP) is 0.663. The molecule has 4 nitrogen and oxygen atoms in total. The molecule has 50 valence electrons. The van der Waals surface area contributed by atoms with Crippen LogP contribution in [-0.4, -0.2) is 20.3 Å². The van der Waals surface area contributed by atoms with E-state index in [1.54, 1.807) is 12.4 Å². The van der Waals surface area contributed by atoms with Crippen LogP contribution >= 0.6 is 0 Å². The highest BCUT2D eigenvalue weighted by Gasteiger charge is 1.99.